The van der Waals surface area contributed by atoms with Crippen molar-refractivity contribution in [2.75, 3.05) is 25.0 Å². The van der Waals surface area contributed by atoms with Crippen molar-refractivity contribution in [3.8, 4) is 0 Å². The topological polar surface area (TPSA) is 73.5 Å². The van der Waals surface area contributed by atoms with Gasteiger partial charge in [0.1, 0.15) is 5.82 Å². The van der Waals surface area contributed by atoms with Crippen molar-refractivity contribution < 1.29 is 14.0 Å². The molecule has 5 rings (SSSR count). The zero-order valence-corrected chi connectivity index (χ0v) is 16.0. The van der Waals surface area contributed by atoms with Gasteiger partial charge >= 0.3 is 0 Å². The average molecular weight is 394 g/mol. The number of anilines is 1. The van der Waals surface area contributed by atoms with Gasteiger partial charge in [0.25, 0.3) is 0 Å². The molecule has 150 valence electrons. The first-order valence-electron chi connectivity index (χ1n) is 10.0. The number of hydrogen-bond donors (Lipinski definition) is 3. The number of carbonyl (C=O) groups is 2. The van der Waals surface area contributed by atoms with E-state index in [1.807, 2.05) is 35.2 Å². The molecule has 2 amide bonds. The van der Waals surface area contributed by atoms with Crippen molar-refractivity contribution in [1.29, 1.82) is 0 Å². The van der Waals surface area contributed by atoms with Crippen molar-refractivity contribution >= 4 is 17.5 Å². The molecule has 3 heterocycles. The second-order valence-electron chi connectivity index (χ2n) is 8.07. The van der Waals surface area contributed by atoms with Gasteiger partial charge in [-0.25, -0.2) is 9.82 Å². The molecule has 0 aromatic heterocycles. The van der Waals surface area contributed by atoms with Gasteiger partial charge in [0.2, 0.25) is 11.8 Å². The van der Waals surface area contributed by atoms with Crippen molar-refractivity contribution in [1.82, 2.24) is 15.8 Å². The lowest BCUT2D eigenvalue weighted by molar-refractivity contribution is -0.138. The molecule has 2 aromatic carbocycles. The SMILES string of the molecule is O=C(C1CNNC1c1cccc(F)c1)N1CCC2(CC1)C(=O)Nc1ccccc12. The van der Waals surface area contributed by atoms with Crippen LogP contribution >= 0.6 is 0 Å². The van der Waals surface area contributed by atoms with E-state index in [4.69, 9.17) is 0 Å². The summed E-state index contributed by atoms with van der Waals surface area (Å²) in [4.78, 5) is 27.8. The monoisotopic (exact) mass is 394 g/mol. The second-order valence-corrected chi connectivity index (χ2v) is 8.07. The van der Waals surface area contributed by atoms with Gasteiger partial charge in [0.05, 0.1) is 17.4 Å². The second kappa shape index (κ2) is 6.93. The number of carbonyl (C=O) groups excluding carboxylic acids is 2. The van der Waals surface area contributed by atoms with E-state index in [0.29, 0.717) is 32.5 Å². The summed E-state index contributed by atoms with van der Waals surface area (Å²) in [5, 5.41) is 2.99. The molecule has 1 spiro atoms. The molecule has 2 unspecified atom stereocenters. The summed E-state index contributed by atoms with van der Waals surface area (Å²) in [7, 11) is 0. The van der Waals surface area contributed by atoms with E-state index in [1.54, 1.807) is 6.07 Å². The van der Waals surface area contributed by atoms with Crippen LogP contribution in [0.5, 0.6) is 0 Å². The summed E-state index contributed by atoms with van der Waals surface area (Å²) in [6, 6.07) is 13.9. The molecule has 0 saturated carbocycles. The number of para-hydroxylation sites is 1. The predicted octanol–water partition coefficient (Wildman–Crippen LogP) is 2.10. The maximum Gasteiger partial charge on any atom is 0.235 e. The molecule has 7 heteroatoms. The molecule has 3 N–H and O–H groups in total. The van der Waals surface area contributed by atoms with E-state index in [9.17, 15) is 14.0 Å². The van der Waals surface area contributed by atoms with Gasteiger partial charge in [0, 0.05) is 25.3 Å². The highest BCUT2D eigenvalue weighted by atomic mass is 19.1. The number of nitrogens with one attached hydrogen (secondary N) is 3. The zero-order chi connectivity index (χ0) is 20.0. The Morgan fingerprint density at radius 2 is 1.90 bits per heavy atom. The average Bonchev–Trinajstić information content (AvgIpc) is 3.32. The number of hydrogen-bond acceptors (Lipinski definition) is 4. The number of amides is 2. The highest BCUT2D eigenvalue weighted by Crippen LogP contribution is 2.45. The van der Waals surface area contributed by atoms with Gasteiger partial charge in [-0.1, -0.05) is 30.3 Å². The first-order valence-corrected chi connectivity index (χ1v) is 10.0. The van der Waals surface area contributed by atoms with Crippen LogP contribution in [-0.4, -0.2) is 36.3 Å². The van der Waals surface area contributed by atoms with Crippen molar-refractivity contribution in [3.05, 3.63) is 65.5 Å². The van der Waals surface area contributed by atoms with Gasteiger partial charge in [-0.3, -0.25) is 15.0 Å². The third-order valence-electron chi connectivity index (χ3n) is 6.56. The largest absolute Gasteiger partial charge is 0.342 e. The van der Waals surface area contributed by atoms with E-state index < -0.39 is 5.41 Å². The molecular weight excluding hydrogens is 371 g/mol. The number of hydrazine groups is 1. The van der Waals surface area contributed by atoms with Crippen LogP contribution in [0.3, 0.4) is 0 Å². The Bertz CT molecular complexity index is 971. The highest BCUT2D eigenvalue weighted by molar-refractivity contribution is 6.06. The molecule has 2 saturated heterocycles. The lowest BCUT2D eigenvalue weighted by Crippen LogP contribution is -2.50. The Morgan fingerprint density at radius 1 is 1.10 bits per heavy atom. The first-order chi connectivity index (χ1) is 14.1. The normalized spacial score (nSPS) is 25.1. The highest BCUT2D eigenvalue weighted by Gasteiger charge is 2.49. The zero-order valence-electron chi connectivity index (χ0n) is 16.0. The summed E-state index contributed by atoms with van der Waals surface area (Å²) < 4.78 is 13.6. The third kappa shape index (κ3) is 2.92. The quantitative estimate of drug-likeness (QED) is 0.730. The number of fused-ring (bicyclic) bond motifs is 2. The first kappa shape index (κ1) is 18.3. The maximum atomic E-state index is 13.6. The van der Waals surface area contributed by atoms with Gasteiger partial charge < -0.3 is 10.2 Å². The minimum absolute atomic E-state index is 0.0348. The maximum absolute atomic E-state index is 13.6. The van der Waals surface area contributed by atoms with Crippen LogP contribution in [-0.2, 0) is 15.0 Å². The van der Waals surface area contributed by atoms with Crippen molar-refractivity contribution in [2.24, 2.45) is 5.92 Å². The Morgan fingerprint density at radius 3 is 2.69 bits per heavy atom. The number of nitrogens with zero attached hydrogens (tertiary/aromatic N) is 1. The van der Waals surface area contributed by atoms with Crippen LogP contribution in [0.2, 0.25) is 0 Å². The minimum Gasteiger partial charge on any atom is -0.342 e. The van der Waals surface area contributed by atoms with E-state index >= 15 is 0 Å². The standard InChI is InChI=1S/C22H23FN4O2/c23-15-5-3-4-14(12-15)19-16(13-24-26-19)20(28)27-10-8-22(9-11-27)17-6-1-2-7-18(17)25-21(22)29/h1-7,12,16,19,24,26H,8-11,13H2,(H,25,29). The number of likely N-dealkylation sites (tertiary alicyclic amines) is 1. The predicted molar refractivity (Wildman–Crippen MR) is 106 cm³/mol. The fourth-order valence-electron chi connectivity index (χ4n) is 4.96. The van der Waals surface area contributed by atoms with E-state index in [0.717, 1.165) is 16.8 Å². The molecular formula is C22H23FN4O2. The minimum atomic E-state index is -0.540. The lowest BCUT2D eigenvalue weighted by Gasteiger charge is -2.39. The number of piperidine rings is 1. The molecule has 3 aliphatic heterocycles. The van der Waals surface area contributed by atoms with E-state index in [1.165, 1.54) is 12.1 Å². The molecule has 2 fully saturated rings. The molecule has 3 aliphatic rings. The summed E-state index contributed by atoms with van der Waals surface area (Å²) >= 11 is 0. The van der Waals surface area contributed by atoms with E-state index in [2.05, 4.69) is 16.2 Å². The molecule has 0 bridgehead atoms. The Labute approximate surface area is 168 Å². The molecule has 29 heavy (non-hydrogen) atoms. The summed E-state index contributed by atoms with van der Waals surface area (Å²) in [6.07, 6.45) is 1.22. The van der Waals surface area contributed by atoms with E-state index in [-0.39, 0.29) is 29.6 Å². The van der Waals surface area contributed by atoms with Crippen LogP contribution in [0.15, 0.2) is 48.5 Å². The number of halogens is 1. The van der Waals surface area contributed by atoms with Crippen molar-refractivity contribution in [2.45, 2.75) is 24.3 Å². The Balaban J connectivity index is 1.32. The van der Waals surface area contributed by atoms with Crippen LogP contribution < -0.4 is 16.2 Å². The smallest absolute Gasteiger partial charge is 0.235 e. The number of rotatable bonds is 2. The van der Waals surface area contributed by atoms with Crippen molar-refractivity contribution in [3.63, 3.8) is 0 Å². The Kier molecular flexibility index (Phi) is 4.37. The van der Waals surface area contributed by atoms with Gasteiger partial charge in [-0.15, -0.1) is 0 Å². The fourth-order valence-corrected chi connectivity index (χ4v) is 4.96. The lowest BCUT2D eigenvalue weighted by atomic mass is 9.73. The molecule has 6 nitrogen and oxygen atoms in total. The van der Waals surface area contributed by atoms with Crippen LogP contribution in [0.25, 0.3) is 0 Å². The third-order valence-corrected chi connectivity index (χ3v) is 6.56. The van der Waals surface area contributed by atoms with Crippen LogP contribution in [0.1, 0.15) is 30.0 Å². The molecule has 2 aromatic rings. The van der Waals surface area contributed by atoms with Crippen LogP contribution in [0, 0.1) is 11.7 Å². The van der Waals surface area contributed by atoms with Gasteiger partial charge in [-0.05, 0) is 42.2 Å². The summed E-state index contributed by atoms with van der Waals surface area (Å²) in [6.45, 7) is 1.56. The summed E-state index contributed by atoms with van der Waals surface area (Å²) in [5.41, 5.74) is 8.29. The van der Waals surface area contributed by atoms with Crippen LogP contribution in [0.4, 0.5) is 10.1 Å². The summed E-state index contributed by atoms with van der Waals surface area (Å²) in [5.74, 6) is -0.547. The molecule has 0 aliphatic carbocycles. The number of benzene rings is 2. The van der Waals surface area contributed by atoms with Gasteiger partial charge in [-0.2, -0.15) is 0 Å². The fraction of sp³-hybridized carbons (Fsp3) is 0.364. The molecule has 2 atom stereocenters. The molecule has 0 radical (unpaired) electrons. The Hall–Kier alpha value is -2.77. The van der Waals surface area contributed by atoms with Gasteiger partial charge in [0.15, 0.2) is 0 Å².